The Hall–Kier alpha value is -1.33. The minimum absolute atomic E-state index is 0.00559. The lowest BCUT2D eigenvalue weighted by Gasteiger charge is -2.35. The van der Waals surface area contributed by atoms with E-state index in [4.69, 9.17) is 9.52 Å². The molecule has 0 saturated heterocycles. The summed E-state index contributed by atoms with van der Waals surface area (Å²) in [7, 11) is 0. The number of aliphatic hydroxyl groups is 1. The van der Waals surface area contributed by atoms with Gasteiger partial charge in [0.15, 0.2) is 0 Å². The molecule has 1 fully saturated rings. The van der Waals surface area contributed by atoms with Crippen LogP contribution >= 0.6 is 0 Å². The molecule has 1 saturated carbocycles. The van der Waals surface area contributed by atoms with Crippen molar-refractivity contribution in [2.24, 2.45) is 5.92 Å². The van der Waals surface area contributed by atoms with Gasteiger partial charge in [0, 0.05) is 12.1 Å². The molecule has 118 valence electrons. The molecule has 0 aliphatic heterocycles. The largest absolute Gasteiger partial charge is 0.475 e. The Morgan fingerprint density at radius 2 is 2.14 bits per heavy atom. The number of carboxylic acid groups (broad SMARTS) is 1. The summed E-state index contributed by atoms with van der Waals surface area (Å²) in [4.78, 5) is 10.9. The molecule has 1 aliphatic carbocycles. The van der Waals surface area contributed by atoms with Gasteiger partial charge in [-0.2, -0.15) is 0 Å². The van der Waals surface area contributed by atoms with E-state index in [1.54, 1.807) is 13.0 Å². The molecule has 2 rings (SSSR count). The minimum Gasteiger partial charge on any atom is -0.475 e. The van der Waals surface area contributed by atoms with Crippen LogP contribution in [0.2, 0.25) is 0 Å². The molecule has 1 heterocycles. The molecule has 21 heavy (non-hydrogen) atoms. The molecule has 0 aromatic carbocycles. The van der Waals surface area contributed by atoms with Crippen LogP contribution in [0.3, 0.4) is 0 Å². The Balaban J connectivity index is 1.81. The van der Waals surface area contributed by atoms with E-state index in [0.29, 0.717) is 24.4 Å². The van der Waals surface area contributed by atoms with Crippen molar-refractivity contribution < 1.29 is 19.4 Å². The number of nitrogens with one attached hydrogen (secondary N) is 1. The first-order chi connectivity index (χ1) is 9.93. The summed E-state index contributed by atoms with van der Waals surface area (Å²) in [5.41, 5.74) is -0.00962. The van der Waals surface area contributed by atoms with Crippen molar-refractivity contribution in [2.75, 3.05) is 6.54 Å². The van der Waals surface area contributed by atoms with Gasteiger partial charge in [-0.15, -0.1) is 0 Å². The lowest BCUT2D eigenvalue weighted by atomic mass is 9.78. The Kier molecular flexibility index (Phi) is 5.06. The first-order valence-corrected chi connectivity index (χ1v) is 7.69. The first kappa shape index (κ1) is 16.0. The second-order valence-corrected chi connectivity index (χ2v) is 6.21. The second-order valence-electron chi connectivity index (χ2n) is 6.21. The minimum atomic E-state index is -1.05. The van der Waals surface area contributed by atoms with Crippen LogP contribution in [0.15, 0.2) is 10.5 Å². The molecule has 5 nitrogen and oxygen atoms in total. The maximum Gasteiger partial charge on any atom is 0.372 e. The molecule has 0 radical (unpaired) electrons. The zero-order valence-corrected chi connectivity index (χ0v) is 12.8. The monoisotopic (exact) mass is 295 g/mol. The van der Waals surface area contributed by atoms with Crippen LogP contribution in [0, 0.1) is 12.8 Å². The van der Waals surface area contributed by atoms with Crippen LogP contribution in [-0.2, 0) is 6.54 Å². The highest BCUT2D eigenvalue weighted by Gasteiger charge is 2.32. The lowest BCUT2D eigenvalue weighted by molar-refractivity contribution is -0.00910. The summed E-state index contributed by atoms with van der Waals surface area (Å²) in [6.45, 7) is 4.88. The van der Waals surface area contributed by atoms with E-state index < -0.39 is 11.6 Å². The number of aryl methyl sites for hydroxylation is 1. The van der Waals surface area contributed by atoms with E-state index in [1.165, 1.54) is 6.42 Å². The molecule has 3 N–H and O–H groups in total. The summed E-state index contributed by atoms with van der Waals surface area (Å²) in [6.07, 6.45) is 5.01. The average Bonchev–Trinajstić information content (AvgIpc) is 2.81. The summed E-state index contributed by atoms with van der Waals surface area (Å²) in [5, 5.41) is 22.7. The Labute approximate surface area is 125 Å². The quantitative estimate of drug-likeness (QED) is 0.751. The van der Waals surface area contributed by atoms with Crippen LogP contribution < -0.4 is 5.32 Å². The van der Waals surface area contributed by atoms with Crippen molar-refractivity contribution in [3.8, 4) is 0 Å². The molecular weight excluding hydrogens is 270 g/mol. The van der Waals surface area contributed by atoms with Crippen molar-refractivity contribution in [3.05, 3.63) is 23.2 Å². The molecular formula is C16H25NO4. The van der Waals surface area contributed by atoms with Gasteiger partial charge in [0.1, 0.15) is 5.76 Å². The number of aromatic carboxylic acids is 1. The maximum absolute atomic E-state index is 10.9. The van der Waals surface area contributed by atoms with Gasteiger partial charge in [0.2, 0.25) is 5.76 Å². The number of carboxylic acids is 1. The molecule has 0 bridgehead atoms. The van der Waals surface area contributed by atoms with Crippen LogP contribution in [0.25, 0.3) is 0 Å². The van der Waals surface area contributed by atoms with E-state index in [-0.39, 0.29) is 5.76 Å². The highest BCUT2D eigenvalue weighted by molar-refractivity contribution is 5.86. The molecule has 5 heteroatoms. The van der Waals surface area contributed by atoms with Gasteiger partial charge in [0.25, 0.3) is 0 Å². The van der Waals surface area contributed by atoms with E-state index in [1.807, 2.05) is 0 Å². The Morgan fingerprint density at radius 3 is 2.67 bits per heavy atom. The van der Waals surface area contributed by atoms with Gasteiger partial charge in [-0.3, -0.25) is 0 Å². The first-order valence-electron chi connectivity index (χ1n) is 7.69. The summed E-state index contributed by atoms with van der Waals surface area (Å²) < 4.78 is 5.29. The Bertz CT molecular complexity index is 486. The van der Waals surface area contributed by atoms with Gasteiger partial charge in [0.05, 0.1) is 12.1 Å². The van der Waals surface area contributed by atoms with Crippen LogP contribution in [0.1, 0.15) is 60.9 Å². The van der Waals surface area contributed by atoms with Crippen molar-refractivity contribution in [1.82, 2.24) is 5.32 Å². The number of carbonyl (C=O) groups is 1. The summed E-state index contributed by atoms with van der Waals surface area (Å²) in [5.74, 6) is 0.288. The van der Waals surface area contributed by atoms with Gasteiger partial charge >= 0.3 is 5.97 Å². The number of furan rings is 1. The maximum atomic E-state index is 10.9. The van der Waals surface area contributed by atoms with E-state index in [9.17, 15) is 9.90 Å². The third-order valence-electron chi connectivity index (χ3n) is 4.53. The Morgan fingerprint density at radius 1 is 1.48 bits per heavy atom. The normalized spacial score (nSPS) is 26.0. The lowest BCUT2D eigenvalue weighted by Crippen LogP contribution is -2.43. The predicted octanol–water partition coefficient (Wildman–Crippen LogP) is 2.71. The summed E-state index contributed by atoms with van der Waals surface area (Å²) >= 11 is 0. The average molecular weight is 295 g/mol. The van der Waals surface area contributed by atoms with Crippen molar-refractivity contribution in [3.63, 3.8) is 0 Å². The predicted molar refractivity (Wildman–Crippen MR) is 79.3 cm³/mol. The van der Waals surface area contributed by atoms with Crippen LogP contribution in [0.5, 0.6) is 0 Å². The number of hydrogen-bond donors (Lipinski definition) is 3. The SMILES string of the molecule is CCC1CCC(O)(CNCc2cc(C)c(C(=O)O)o2)CC1. The van der Waals surface area contributed by atoms with Gasteiger partial charge < -0.3 is 19.9 Å². The third-order valence-corrected chi connectivity index (χ3v) is 4.53. The highest BCUT2D eigenvalue weighted by Crippen LogP contribution is 2.33. The smallest absolute Gasteiger partial charge is 0.372 e. The number of rotatable bonds is 6. The van der Waals surface area contributed by atoms with Gasteiger partial charge in [-0.25, -0.2) is 4.79 Å². The van der Waals surface area contributed by atoms with Crippen molar-refractivity contribution in [1.29, 1.82) is 0 Å². The molecule has 0 amide bonds. The van der Waals surface area contributed by atoms with E-state index >= 15 is 0 Å². The zero-order valence-electron chi connectivity index (χ0n) is 12.8. The highest BCUT2D eigenvalue weighted by atomic mass is 16.4. The topological polar surface area (TPSA) is 82.7 Å². The molecule has 0 atom stereocenters. The second kappa shape index (κ2) is 6.62. The van der Waals surface area contributed by atoms with Crippen LogP contribution in [0.4, 0.5) is 0 Å². The number of hydrogen-bond acceptors (Lipinski definition) is 4. The fraction of sp³-hybridized carbons (Fsp3) is 0.688. The zero-order chi connectivity index (χ0) is 15.5. The van der Waals surface area contributed by atoms with Gasteiger partial charge in [-0.1, -0.05) is 13.3 Å². The standard InChI is InChI=1S/C16H25NO4/c1-3-12-4-6-16(20,7-5-12)10-17-9-13-8-11(2)14(21-13)15(18)19/h8,12,17,20H,3-7,9-10H2,1-2H3,(H,18,19). The van der Waals surface area contributed by atoms with Gasteiger partial charge in [-0.05, 0) is 44.6 Å². The third kappa shape index (κ3) is 4.08. The molecule has 0 spiro atoms. The van der Waals surface area contributed by atoms with Crippen LogP contribution in [-0.4, -0.2) is 28.3 Å². The van der Waals surface area contributed by atoms with Crippen molar-refractivity contribution in [2.45, 2.75) is 58.1 Å². The van der Waals surface area contributed by atoms with Crippen molar-refractivity contribution >= 4 is 5.97 Å². The molecule has 1 aliphatic rings. The van der Waals surface area contributed by atoms with E-state index in [0.717, 1.165) is 31.6 Å². The molecule has 1 aromatic rings. The fourth-order valence-electron chi connectivity index (χ4n) is 3.07. The molecule has 0 unspecified atom stereocenters. The fourth-order valence-corrected chi connectivity index (χ4v) is 3.07. The summed E-state index contributed by atoms with van der Waals surface area (Å²) in [6, 6.07) is 1.73. The van der Waals surface area contributed by atoms with E-state index in [2.05, 4.69) is 12.2 Å². The molecule has 1 aromatic heterocycles.